The van der Waals surface area contributed by atoms with E-state index in [1.165, 1.54) is 0 Å². The van der Waals surface area contributed by atoms with E-state index in [-0.39, 0.29) is 10.9 Å². The number of halogens is 1. The van der Waals surface area contributed by atoms with E-state index in [1.54, 1.807) is 55.5 Å². The monoisotopic (exact) mass is 381 g/mol. The predicted molar refractivity (Wildman–Crippen MR) is 99.5 cm³/mol. The number of hydrogen-bond donors (Lipinski definition) is 3. The molecule has 0 aliphatic heterocycles. The fraction of sp³-hybridized carbons (Fsp3) is 0.235. The third-order valence-corrected chi connectivity index (χ3v) is 5.18. The van der Waals surface area contributed by atoms with Crippen molar-refractivity contribution in [3.05, 3.63) is 59.1 Å². The third kappa shape index (κ3) is 6.04. The van der Waals surface area contributed by atoms with E-state index in [4.69, 9.17) is 11.6 Å². The molecule has 0 aliphatic rings. The zero-order valence-corrected chi connectivity index (χ0v) is 15.3. The lowest BCUT2D eigenvalue weighted by molar-refractivity contribution is 0.252. The zero-order valence-electron chi connectivity index (χ0n) is 13.8. The van der Waals surface area contributed by atoms with Crippen molar-refractivity contribution < 1.29 is 13.2 Å². The van der Waals surface area contributed by atoms with Crippen molar-refractivity contribution in [1.82, 2.24) is 10.0 Å². The van der Waals surface area contributed by atoms with Crippen LogP contribution in [0.3, 0.4) is 0 Å². The average molecular weight is 382 g/mol. The molecule has 0 aromatic heterocycles. The van der Waals surface area contributed by atoms with Gasteiger partial charge >= 0.3 is 6.03 Å². The maximum Gasteiger partial charge on any atom is 0.319 e. The first-order valence-electron chi connectivity index (χ1n) is 7.80. The van der Waals surface area contributed by atoms with Crippen molar-refractivity contribution in [3.63, 3.8) is 0 Å². The van der Waals surface area contributed by atoms with Gasteiger partial charge in [0.15, 0.2) is 0 Å². The molecule has 134 valence electrons. The second-order valence-electron chi connectivity index (χ2n) is 5.28. The van der Waals surface area contributed by atoms with Crippen LogP contribution in [-0.4, -0.2) is 27.5 Å². The first-order chi connectivity index (χ1) is 11.9. The van der Waals surface area contributed by atoms with Gasteiger partial charge in [0, 0.05) is 23.8 Å². The van der Waals surface area contributed by atoms with Crippen molar-refractivity contribution in [1.29, 1.82) is 0 Å². The van der Waals surface area contributed by atoms with Crippen molar-refractivity contribution in [2.24, 2.45) is 0 Å². The highest BCUT2D eigenvalue weighted by atomic mass is 35.5. The summed E-state index contributed by atoms with van der Waals surface area (Å²) >= 11 is 5.79. The maximum absolute atomic E-state index is 11.9. The minimum absolute atomic E-state index is 0.228. The summed E-state index contributed by atoms with van der Waals surface area (Å²) in [5, 5.41) is 6.05. The van der Waals surface area contributed by atoms with Crippen LogP contribution >= 0.6 is 11.6 Å². The van der Waals surface area contributed by atoms with Gasteiger partial charge in [0.1, 0.15) is 0 Å². The molecule has 0 atom stereocenters. The lowest BCUT2D eigenvalue weighted by Crippen LogP contribution is -2.30. The Bertz CT molecular complexity index is 806. The Morgan fingerprint density at radius 1 is 1.04 bits per heavy atom. The number of carbonyl (C=O) groups excluding carboxylic acids is 1. The Morgan fingerprint density at radius 2 is 1.68 bits per heavy atom. The SMILES string of the molecule is CCNS(=O)(=O)c1ccc(CCNC(=O)Nc2ccc(Cl)cc2)cc1. The van der Waals surface area contributed by atoms with Crippen LogP contribution in [-0.2, 0) is 16.4 Å². The van der Waals surface area contributed by atoms with E-state index in [1.807, 2.05) is 0 Å². The Hall–Kier alpha value is -2.09. The number of sulfonamides is 1. The molecule has 6 nitrogen and oxygen atoms in total. The fourth-order valence-electron chi connectivity index (χ4n) is 2.14. The first kappa shape index (κ1) is 19.2. The van der Waals surface area contributed by atoms with Crippen LogP contribution in [0, 0.1) is 0 Å². The number of rotatable bonds is 7. The molecule has 3 N–H and O–H groups in total. The van der Waals surface area contributed by atoms with Crippen LogP contribution < -0.4 is 15.4 Å². The van der Waals surface area contributed by atoms with Crippen molar-refractivity contribution in [3.8, 4) is 0 Å². The number of benzene rings is 2. The van der Waals surface area contributed by atoms with E-state index in [2.05, 4.69) is 15.4 Å². The normalized spacial score (nSPS) is 11.1. The Kier molecular flexibility index (Phi) is 6.81. The number of urea groups is 1. The van der Waals surface area contributed by atoms with Crippen molar-refractivity contribution in [2.45, 2.75) is 18.2 Å². The number of anilines is 1. The summed E-state index contributed by atoms with van der Waals surface area (Å²) in [4.78, 5) is 12.0. The van der Waals surface area contributed by atoms with E-state index < -0.39 is 10.0 Å². The van der Waals surface area contributed by atoms with E-state index in [9.17, 15) is 13.2 Å². The molecule has 0 spiro atoms. The molecule has 0 aliphatic carbocycles. The fourth-order valence-corrected chi connectivity index (χ4v) is 3.30. The highest BCUT2D eigenvalue weighted by Gasteiger charge is 2.11. The van der Waals surface area contributed by atoms with Gasteiger partial charge < -0.3 is 10.6 Å². The smallest absolute Gasteiger partial charge is 0.319 e. The largest absolute Gasteiger partial charge is 0.338 e. The second kappa shape index (κ2) is 8.84. The minimum Gasteiger partial charge on any atom is -0.338 e. The molecule has 2 aromatic carbocycles. The van der Waals surface area contributed by atoms with Crippen LogP contribution in [0.1, 0.15) is 12.5 Å². The molecule has 8 heteroatoms. The van der Waals surface area contributed by atoms with Gasteiger partial charge in [0.05, 0.1) is 4.90 Å². The van der Waals surface area contributed by atoms with Crippen molar-refractivity contribution >= 4 is 33.3 Å². The first-order valence-corrected chi connectivity index (χ1v) is 9.66. The molecule has 0 saturated heterocycles. The zero-order chi connectivity index (χ0) is 18.3. The number of hydrogen-bond acceptors (Lipinski definition) is 3. The quantitative estimate of drug-likeness (QED) is 0.689. The number of amides is 2. The molecular formula is C17H20ClN3O3S. The summed E-state index contributed by atoms with van der Waals surface area (Å²) in [6.45, 7) is 2.50. The molecule has 0 saturated carbocycles. The summed E-state index contributed by atoms with van der Waals surface area (Å²) in [7, 11) is -3.44. The molecule has 2 rings (SSSR count). The number of nitrogens with one attached hydrogen (secondary N) is 3. The van der Waals surface area contributed by atoms with Gasteiger partial charge in [-0.2, -0.15) is 0 Å². The maximum atomic E-state index is 11.9. The molecule has 2 amide bonds. The Morgan fingerprint density at radius 3 is 2.28 bits per heavy atom. The summed E-state index contributed by atoms with van der Waals surface area (Å²) in [6, 6.07) is 13.1. The molecule has 25 heavy (non-hydrogen) atoms. The Balaban J connectivity index is 1.81. The van der Waals surface area contributed by atoms with Gasteiger partial charge in [-0.15, -0.1) is 0 Å². The summed E-state index contributed by atoms with van der Waals surface area (Å²) in [5.74, 6) is 0. The lowest BCUT2D eigenvalue weighted by atomic mass is 10.1. The lowest BCUT2D eigenvalue weighted by Gasteiger charge is -2.09. The van der Waals surface area contributed by atoms with E-state index in [0.717, 1.165) is 5.56 Å². The van der Waals surface area contributed by atoms with Crippen molar-refractivity contribution in [2.75, 3.05) is 18.4 Å². The van der Waals surface area contributed by atoms with Crippen LogP contribution in [0.15, 0.2) is 53.4 Å². The van der Waals surface area contributed by atoms with Crippen LogP contribution in [0.2, 0.25) is 5.02 Å². The van der Waals surface area contributed by atoms with Gasteiger partial charge in [-0.1, -0.05) is 30.7 Å². The summed E-state index contributed by atoms with van der Waals surface area (Å²) < 4.78 is 26.2. The average Bonchev–Trinajstić information content (AvgIpc) is 2.57. The van der Waals surface area contributed by atoms with Crippen LogP contribution in [0.25, 0.3) is 0 Å². The highest BCUT2D eigenvalue weighted by molar-refractivity contribution is 7.89. The Labute approximate surface area is 152 Å². The molecule has 0 bridgehead atoms. The predicted octanol–water partition coefficient (Wildman–Crippen LogP) is 3.00. The minimum atomic E-state index is -3.44. The molecule has 0 unspecified atom stereocenters. The van der Waals surface area contributed by atoms with Crippen LogP contribution in [0.5, 0.6) is 0 Å². The van der Waals surface area contributed by atoms with Gasteiger partial charge in [0.25, 0.3) is 0 Å². The van der Waals surface area contributed by atoms with Gasteiger partial charge in [-0.3, -0.25) is 0 Å². The molecule has 2 aromatic rings. The number of carbonyl (C=O) groups is 1. The molecular weight excluding hydrogens is 362 g/mol. The molecule has 0 fully saturated rings. The van der Waals surface area contributed by atoms with Gasteiger partial charge in [0.2, 0.25) is 10.0 Å². The van der Waals surface area contributed by atoms with E-state index >= 15 is 0 Å². The second-order valence-corrected chi connectivity index (χ2v) is 7.49. The molecule has 0 heterocycles. The van der Waals surface area contributed by atoms with Crippen LogP contribution in [0.4, 0.5) is 10.5 Å². The van der Waals surface area contributed by atoms with Gasteiger partial charge in [-0.05, 0) is 48.4 Å². The highest BCUT2D eigenvalue weighted by Crippen LogP contribution is 2.13. The van der Waals surface area contributed by atoms with E-state index in [0.29, 0.717) is 30.2 Å². The standard InChI is InChI=1S/C17H20ClN3O3S/c1-2-20-25(23,24)16-9-3-13(4-10-16)11-12-19-17(22)21-15-7-5-14(18)6-8-15/h3-10,20H,2,11-12H2,1H3,(H2,19,21,22). The third-order valence-electron chi connectivity index (χ3n) is 3.37. The topological polar surface area (TPSA) is 87.3 Å². The summed E-state index contributed by atoms with van der Waals surface area (Å²) in [6.07, 6.45) is 0.593. The van der Waals surface area contributed by atoms with Gasteiger partial charge in [-0.25, -0.2) is 17.9 Å². The molecule has 0 radical (unpaired) electrons. The summed E-state index contributed by atoms with van der Waals surface area (Å²) in [5.41, 5.74) is 1.59.